The number of aromatic nitrogens is 1. The Hall–Kier alpha value is -1.70. The van der Waals surface area contributed by atoms with Crippen LogP contribution in [0.1, 0.15) is 31.2 Å². The van der Waals surface area contributed by atoms with Gasteiger partial charge in [0.1, 0.15) is 0 Å². The average molecular weight is 214 g/mol. The van der Waals surface area contributed by atoms with Crippen molar-refractivity contribution in [2.75, 3.05) is 5.73 Å². The quantitative estimate of drug-likeness (QED) is 0.762. The molecular formula is C14H18N2. The number of rotatable bonds is 2. The van der Waals surface area contributed by atoms with E-state index in [0.29, 0.717) is 5.92 Å². The molecule has 0 bridgehead atoms. The van der Waals surface area contributed by atoms with Gasteiger partial charge in [0.25, 0.3) is 0 Å². The van der Waals surface area contributed by atoms with Gasteiger partial charge < -0.3 is 10.3 Å². The SMILES string of the molecule is Cc1ccc(C(C)C)n1-c1cccc(N)c1. The lowest BCUT2D eigenvalue weighted by atomic mass is 10.1. The van der Waals surface area contributed by atoms with Crippen LogP contribution in [0.4, 0.5) is 5.69 Å². The summed E-state index contributed by atoms with van der Waals surface area (Å²) in [5, 5.41) is 0. The Balaban J connectivity index is 2.59. The summed E-state index contributed by atoms with van der Waals surface area (Å²) in [5.41, 5.74) is 10.3. The van der Waals surface area contributed by atoms with Crippen LogP contribution < -0.4 is 5.73 Å². The van der Waals surface area contributed by atoms with E-state index in [-0.39, 0.29) is 0 Å². The highest BCUT2D eigenvalue weighted by molar-refractivity contribution is 5.49. The van der Waals surface area contributed by atoms with Crippen LogP contribution in [0.5, 0.6) is 0 Å². The maximum Gasteiger partial charge on any atom is 0.0475 e. The summed E-state index contributed by atoms with van der Waals surface area (Å²) in [6.45, 7) is 6.53. The number of nitrogens with zero attached hydrogens (tertiary/aromatic N) is 1. The van der Waals surface area contributed by atoms with Gasteiger partial charge in [-0.25, -0.2) is 0 Å². The Morgan fingerprint density at radius 1 is 1.12 bits per heavy atom. The predicted molar refractivity (Wildman–Crippen MR) is 69.0 cm³/mol. The third-order valence-corrected chi connectivity index (χ3v) is 2.83. The van der Waals surface area contributed by atoms with Crippen molar-refractivity contribution in [3.63, 3.8) is 0 Å². The van der Waals surface area contributed by atoms with E-state index in [1.165, 1.54) is 11.4 Å². The van der Waals surface area contributed by atoms with Crippen molar-refractivity contribution in [1.29, 1.82) is 0 Å². The molecule has 2 aromatic rings. The molecule has 0 amide bonds. The van der Waals surface area contributed by atoms with Crippen LogP contribution in [-0.4, -0.2) is 4.57 Å². The molecule has 1 heterocycles. The first-order valence-electron chi connectivity index (χ1n) is 5.63. The third kappa shape index (κ3) is 1.83. The Morgan fingerprint density at radius 2 is 1.88 bits per heavy atom. The molecule has 0 saturated heterocycles. The summed E-state index contributed by atoms with van der Waals surface area (Å²) in [6.07, 6.45) is 0. The summed E-state index contributed by atoms with van der Waals surface area (Å²) in [4.78, 5) is 0. The van der Waals surface area contributed by atoms with E-state index in [1.54, 1.807) is 0 Å². The minimum absolute atomic E-state index is 0.509. The van der Waals surface area contributed by atoms with Gasteiger partial charge in [0.15, 0.2) is 0 Å². The van der Waals surface area contributed by atoms with Gasteiger partial charge in [0.05, 0.1) is 0 Å². The molecule has 2 nitrogen and oxygen atoms in total. The largest absolute Gasteiger partial charge is 0.399 e. The smallest absolute Gasteiger partial charge is 0.0475 e. The molecule has 2 rings (SSSR count). The molecule has 0 saturated carbocycles. The summed E-state index contributed by atoms with van der Waals surface area (Å²) in [5.74, 6) is 0.509. The van der Waals surface area contributed by atoms with Crippen LogP contribution in [0.2, 0.25) is 0 Å². The van der Waals surface area contributed by atoms with E-state index in [2.05, 4.69) is 43.5 Å². The number of anilines is 1. The lowest BCUT2D eigenvalue weighted by Gasteiger charge is -2.14. The molecule has 0 aliphatic rings. The fourth-order valence-corrected chi connectivity index (χ4v) is 2.03. The fraction of sp³-hybridized carbons (Fsp3) is 0.286. The van der Waals surface area contributed by atoms with Crippen LogP contribution in [-0.2, 0) is 0 Å². The maximum absolute atomic E-state index is 5.83. The highest BCUT2D eigenvalue weighted by Crippen LogP contribution is 2.23. The Kier molecular flexibility index (Phi) is 2.73. The molecule has 0 radical (unpaired) electrons. The number of hydrogen-bond donors (Lipinski definition) is 1. The summed E-state index contributed by atoms with van der Waals surface area (Å²) < 4.78 is 2.26. The van der Waals surface area contributed by atoms with Crippen molar-refractivity contribution in [3.05, 3.63) is 47.8 Å². The monoisotopic (exact) mass is 214 g/mol. The molecule has 1 aromatic carbocycles. The molecular weight excluding hydrogens is 196 g/mol. The van der Waals surface area contributed by atoms with Crippen molar-refractivity contribution < 1.29 is 0 Å². The van der Waals surface area contributed by atoms with Gasteiger partial charge in [-0.1, -0.05) is 19.9 Å². The number of nitrogen functional groups attached to an aromatic ring is 1. The Bertz CT molecular complexity index is 495. The first-order chi connectivity index (χ1) is 7.59. The van der Waals surface area contributed by atoms with Crippen LogP contribution in [0, 0.1) is 6.92 Å². The molecule has 1 aromatic heterocycles. The minimum atomic E-state index is 0.509. The third-order valence-electron chi connectivity index (χ3n) is 2.83. The van der Waals surface area contributed by atoms with Gasteiger partial charge in [-0.2, -0.15) is 0 Å². The summed E-state index contributed by atoms with van der Waals surface area (Å²) in [7, 11) is 0. The Morgan fingerprint density at radius 3 is 2.50 bits per heavy atom. The van der Waals surface area contributed by atoms with Gasteiger partial charge in [-0.05, 0) is 43.2 Å². The molecule has 0 aliphatic carbocycles. The van der Waals surface area contributed by atoms with Gasteiger partial charge in [-0.15, -0.1) is 0 Å². The van der Waals surface area contributed by atoms with E-state index in [4.69, 9.17) is 5.73 Å². The molecule has 2 N–H and O–H groups in total. The van der Waals surface area contributed by atoms with Crippen LogP contribution in [0.15, 0.2) is 36.4 Å². The normalized spacial score (nSPS) is 11.0. The van der Waals surface area contributed by atoms with Gasteiger partial charge in [-0.3, -0.25) is 0 Å². The lowest BCUT2D eigenvalue weighted by Crippen LogP contribution is -2.03. The van der Waals surface area contributed by atoms with Crippen LogP contribution in [0.25, 0.3) is 5.69 Å². The molecule has 0 aliphatic heterocycles. The topological polar surface area (TPSA) is 30.9 Å². The van der Waals surface area contributed by atoms with E-state index in [0.717, 1.165) is 11.4 Å². The van der Waals surface area contributed by atoms with Crippen LogP contribution >= 0.6 is 0 Å². The van der Waals surface area contributed by atoms with Crippen molar-refractivity contribution in [2.24, 2.45) is 0 Å². The molecule has 0 unspecified atom stereocenters. The van der Waals surface area contributed by atoms with Crippen LogP contribution in [0.3, 0.4) is 0 Å². The zero-order valence-corrected chi connectivity index (χ0v) is 10.1. The summed E-state index contributed by atoms with van der Waals surface area (Å²) in [6, 6.07) is 12.3. The predicted octanol–water partition coefficient (Wildman–Crippen LogP) is 3.49. The first-order valence-corrected chi connectivity index (χ1v) is 5.63. The van der Waals surface area contributed by atoms with Gasteiger partial charge >= 0.3 is 0 Å². The van der Waals surface area contributed by atoms with E-state index in [9.17, 15) is 0 Å². The zero-order chi connectivity index (χ0) is 11.7. The van der Waals surface area contributed by atoms with E-state index >= 15 is 0 Å². The number of nitrogens with two attached hydrogens (primary N) is 1. The number of hydrogen-bond acceptors (Lipinski definition) is 1. The first kappa shape index (κ1) is 10.8. The van der Waals surface area contributed by atoms with Gasteiger partial charge in [0, 0.05) is 22.8 Å². The standard InChI is InChI=1S/C14H18N2/c1-10(2)14-8-7-11(3)16(14)13-6-4-5-12(15)9-13/h4-10H,15H2,1-3H3. The van der Waals surface area contributed by atoms with Crippen molar-refractivity contribution in [1.82, 2.24) is 4.57 Å². The molecule has 16 heavy (non-hydrogen) atoms. The maximum atomic E-state index is 5.83. The average Bonchev–Trinajstić information content (AvgIpc) is 2.60. The highest BCUT2D eigenvalue weighted by Gasteiger charge is 2.10. The van der Waals surface area contributed by atoms with Crippen molar-refractivity contribution >= 4 is 5.69 Å². The minimum Gasteiger partial charge on any atom is -0.399 e. The summed E-state index contributed by atoms with van der Waals surface area (Å²) >= 11 is 0. The zero-order valence-electron chi connectivity index (χ0n) is 10.1. The van der Waals surface area contributed by atoms with E-state index in [1.807, 2.05) is 18.2 Å². The molecule has 0 atom stereocenters. The lowest BCUT2D eigenvalue weighted by molar-refractivity contribution is 0.777. The second-order valence-corrected chi connectivity index (χ2v) is 4.48. The molecule has 0 spiro atoms. The second kappa shape index (κ2) is 4.05. The highest BCUT2D eigenvalue weighted by atomic mass is 15.0. The second-order valence-electron chi connectivity index (χ2n) is 4.48. The number of aryl methyl sites for hydroxylation is 1. The van der Waals surface area contributed by atoms with Crippen molar-refractivity contribution in [2.45, 2.75) is 26.7 Å². The Labute approximate surface area is 96.7 Å². The van der Waals surface area contributed by atoms with Crippen molar-refractivity contribution in [3.8, 4) is 5.69 Å². The molecule has 0 fully saturated rings. The number of benzene rings is 1. The molecule has 84 valence electrons. The van der Waals surface area contributed by atoms with Gasteiger partial charge in [0.2, 0.25) is 0 Å². The molecule has 2 heteroatoms. The fourth-order valence-electron chi connectivity index (χ4n) is 2.03. The van der Waals surface area contributed by atoms with E-state index < -0.39 is 0 Å².